The van der Waals surface area contributed by atoms with Gasteiger partial charge < -0.3 is 14.2 Å². The lowest BCUT2D eigenvalue weighted by Gasteiger charge is -2.24. The van der Waals surface area contributed by atoms with Gasteiger partial charge in [0, 0.05) is 5.56 Å². The van der Waals surface area contributed by atoms with Crippen molar-refractivity contribution in [3.05, 3.63) is 96.1 Å². The molecule has 3 aromatic rings. The fraction of sp³-hybridized carbons (Fsp3) is 0.167. The number of hydrogen-bond acceptors (Lipinski definition) is 3. The van der Waals surface area contributed by atoms with Gasteiger partial charge >= 0.3 is 0 Å². The summed E-state index contributed by atoms with van der Waals surface area (Å²) in [5.41, 5.74) is 4.47. The molecule has 1 aliphatic heterocycles. The van der Waals surface area contributed by atoms with Gasteiger partial charge in [0.15, 0.2) is 0 Å². The van der Waals surface area contributed by atoms with Gasteiger partial charge in [-0.15, -0.1) is 0 Å². The zero-order chi connectivity index (χ0) is 18.5. The second-order valence-corrected chi connectivity index (χ2v) is 6.41. The smallest absolute Gasteiger partial charge is 0.215 e. The quantitative estimate of drug-likeness (QED) is 0.621. The minimum Gasteiger partial charge on any atom is -0.497 e. The van der Waals surface area contributed by atoms with Crippen LogP contribution in [-0.4, -0.2) is 20.3 Å². The molecular weight excluding hydrogens is 336 g/mol. The summed E-state index contributed by atoms with van der Waals surface area (Å²) in [5, 5.41) is 0. The highest BCUT2D eigenvalue weighted by molar-refractivity contribution is 5.65. The average Bonchev–Trinajstić information content (AvgIpc) is 3.24. The van der Waals surface area contributed by atoms with Crippen LogP contribution in [-0.2, 0) is 15.3 Å². The van der Waals surface area contributed by atoms with Gasteiger partial charge in [0.05, 0.1) is 20.3 Å². The van der Waals surface area contributed by atoms with E-state index in [0.717, 1.165) is 16.9 Å². The SMILES string of the molecule is COc1ccc(C2(/C=C/c3ccc(-c4ccccc4)cc3)OCCO2)cc1. The van der Waals surface area contributed by atoms with Gasteiger partial charge in [-0.25, -0.2) is 0 Å². The molecule has 0 aromatic heterocycles. The van der Waals surface area contributed by atoms with Crippen molar-refractivity contribution in [1.82, 2.24) is 0 Å². The predicted molar refractivity (Wildman–Crippen MR) is 107 cm³/mol. The van der Waals surface area contributed by atoms with Crippen LogP contribution in [0.3, 0.4) is 0 Å². The molecule has 0 atom stereocenters. The Bertz CT molecular complexity index is 891. The Kier molecular flexibility index (Phi) is 5.05. The van der Waals surface area contributed by atoms with Gasteiger partial charge in [0.25, 0.3) is 0 Å². The van der Waals surface area contributed by atoms with Gasteiger partial charge in [-0.2, -0.15) is 0 Å². The number of hydrogen-bond donors (Lipinski definition) is 0. The van der Waals surface area contributed by atoms with E-state index in [4.69, 9.17) is 14.2 Å². The summed E-state index contributed by atoms with van der Waals surface area (Å²) in [5.74, 6) is -0.0305. The van der Waals surface area contributed by atoms with Crippen LogP contribution >= 0.6 is 0 Å². The summed E-state index contributed by atoms with van der Waals surface area (Å²) in [6.45, 7) is 1.15. The third-order valence-corrected chi connectivity index (χ3v) is 4.72. The Hall–Kier alpha value is -2.88. The standard InChI is InChI=1S/C24H22O3/c1-25-23-13-11-22(12-14-23)24(26-17-18-27-24)16-15-19-7-9-21(10-8-19)20-5-3-2-4-6-20/h2-16H,17-18H2,1H3/b16-15+. The Morgan fingerprint density at radius 2 is 1.41 bits per heavy atom. The molecule has 1 fully saturated rings. The van der Waals surface area contributed by atoms with E-state index in [1.165, 1.54) is 11.1 Å². The first-order valence-corrected chi connectivity index (χ1v) is 9.06. The van der Waals surface area contributed by atoms with Gasteiger partial charge in [-0.05, 0) is 47.0 Å². The van der Waals surface area contributed by atoms with Crippen LogP contribution in [0.15, 0.2) is 84.9 Å². The Morgan fingerprint density at radius 3 is 2.04 bits per heavy atom. The van der Waals surface area contributed by atoms with Crippen LogP contribution in [0, 0.1) is 0 Å². The Morgan fingerprint density at radius 1 is 0.778 bits per heavy atom. The van der Waals surface area contributed by atoms with Crippen molar-refractivity contribution >= 4 is 6.08 Å². The Labute approximate surface area is 159 Å². The summed E-state index contributed by atoms with van der Waals surface area (Å²) in [4.78, 5) is 0. The van der Waals surface area contributed by atoms with Crippen molar-refractivity contribution in [2.75, 3.05) is 20.3 Å². The lowest BCUT2D eigenvalue weighted by Crippen LogP contribution is -2.24. The summed E-state index contributed by atoms with van der Waals surface area (Å²) >= 11 is 0. The highest BCUT2D eigenvalue weighted by atomic mass is 16.7. The topological polar surface area (TPSA) is 27.7 Å². The first-order chi connectivity index (χ1) is 13.3. The van der Waals surface area contributed by atoms with E-state index in [1.807, 2.05) is 42.5 Å². The minimum atomic E-state index is -0.843. The molecule has 0 spiro atoms. The molecule has 1 aliphatic rings. The number of rotatable bonds is 5. The molecule has 3 aromatic carbocycles. The molecular formula is C24H22O3. The number of methoxy groups -OCH3 is 1. The molecule has 0 unspecified atom stereocenters. The van der Waals surface area contributed by atoms with E-state index in [9.17, 15) is 0 Å². The monoisotopic (exact) mass is 358 g/mol. The van der Waals surface area contributed by atoms with E-state index >= 15 is 0 Å². The minimum absolute atomic E-state index is 0.573. The molecule has 0 N–H and O–H groups in total. The fourth-order valence-corrected chi connectivity index (χ4v) is 3.23. The molecule has 0 bridgehead atoms. The molecule has 1 saturated heterocycles. The highest BCUT2D eigenvalue weighted by Gasteiger charge is 2.35. The maximum atomic E-state index is 5.97. The van der Waals surface area contributed by atoms with Gasteiger partial charge in [-0.1, -0.05) is 60.7 Å². The lowest BCUT2D eigenvalue weighted by atomic mass is 10.0. The van der Waals surface area contributed by atoms with Crippen molar-refractivity contribution in [3.63, 3.8) is 0 Å². The zero-order valence-corrected chi connectivity index (χ0v) is 15.3. The van der Waals surface area contributed by atoms with Crippen LogP contribution in [0.2, 0.25) is 0 Å². The summed E-state index contributed by atoms with van der Waals surface area (Å²) in [6.07, 6.45) is 4.03. The van der Waals surface area contributed by atoms with Gasteiger partial charge in [0.1, 0.15) is 5.75 Å². The van der Waals surface area contributed by atoms with E-state index < -0.39 is 5.79 Å². The molecule has 3 heteroatoms. The molecule has 0 saturated carbocycles. The van der Waals surface area contributed by atoms with E-state index in [-0.39, 0.29) is 0 Å². The summed E-state index contributed by atoms with van der Waals surface area (Å²) in [6, 6.07) is 26.6. The van der Waals surface area contributed by atoms with Crippen molar-refractivity contribution in [3.8, 4) is 16.9 Å². The van der Waals surface area contributed by atoms with Crippen LogP contribution in [0.5, 0.6) is 5.75 Å². The van der Waals surface area contributed by atoms with Gasteiger partial charge in [-0.3, -0.25) is 0 Å². The maximum Gasteiger partial charge on any atom is 0.215 e. The fourth-order valence-electron chi connectivity index (χ4n) is 3.23. The number of ether oxygens (including phenoxy) is 3. The second kappa shape index (κ2) is 7.78. The van der Waals surface area contributed by atoms with E-state index in [1.54, 1.807) is 7.11 Å². The molecule has 4 rings (SSSR count). The van der Waals surface area contributed by atoms with E-state index in [2.05, 4.69) is 48.5 Å². The van der Waals surface area contributed by atoms with Crippen molar-refractivity contribution < 1.29 is 14.2 Å². The molecule has 27 heavy (non-hydrogen) atoms. The average molecular weight is 358 g/mol. The molecule has 1 heterocycles. The van der Waals surface area contributed by atoms with Crippen molar-refractivity contribution in [2.24, 2.45) is 0 Å². The zero-order valence-electron chi connectivity index (χ0n) is 15.3. The van der Waals surface area contributed by atoms with Crippen LogP contribution in [0.25, 0.3) is 17.2 Å². The third-order valence-electron chi connectivity index (χ3n) is 4.72. The first-order valence-electron chi connectivity index (χ1n) is 9.06. The largest absolute Gasteiger partial charge is 0.497 e. The molecule has 0 amide bonds. The summed E-state index contributed by atoms with van der Waals surface area (Å²) < 4.78 is 17.2. The Balaban J connectivity index is 1.57. The lowest BCUT2D eigenvalue weighted by molar-refractivity contribution is -0.122. The molecule has 3 nitrogen and oxygen atoms in total. The normalized spacial score (nSPS) is 15.9. The maximum absolute atomic E-state index is 5.97. The highest BCUT2D eigenvalue weighted by Crippen LogP contribution is 2.34. The van der Waals surface area contributed by atoms with Crippen LogP contribution < -0.4 is 4.74 Å². The predicted octanol–water partition coefficient (Wildman–Crippen LogP) is 5.28. The first kappa shape index (κ1) is 17.5. The van der Waals surface area contributed by atoms with Crippen LogP contribution in [0.1, 0.15) is 11.1 Å². The molecule has 0 aliphatic carbocycles. The molecule has 136 valence electrons. The third kappa shape index (κ3) is 3.80. The van der Waals surface area contributed by atoms with Crippen LogP contribution in [0.4, 0.5) is 0 Å². The summed E-state index contributed by atoms with van der Waals surface area (Å²) in [7, 11) is 1.66. The molecule has 0 radical (unpaired) electrons. The van der Waals surface area contributed by atoms with Crippen molar-refractivity contribution in [1.29, 1.82) is 0 Å². The van der Waals surface area contributed by atoms with Crippen molar-refractivity contribution in [2.45, 2.75) is 5.79 Å². The van der Waals surface area contributed by atoms with E-state index in [0.29, 0.717) is 13.2 Å². The second-order valence-electron chi connectivity index (χ2n) is 6.41. The number of benzene rings is 3. The van der Waals surface area contributed by atoms with Gasteiger partial charge in [0.2, 0.25) is 5.79 Å².